The van der Waals surface area contributed by atoms with E-state index in [1.54, 1.807) is 11.7 Å². The highest BCUT2D eigenvalue weighted by Gasteiger charge is 2.12. The molecule has 2 heterocycles. The van der Waals surface area contributed by atoms with Crippen LogP contribution in [0.1, 0.15) is 5.69 Å². The molecule has 0 spiro atoms. The summed E-state index contributed by atoms with van der Waals surface area (Å²) in [6, 6.07) is 1.83. The second-order valence-corrected chi connectivity index (χ2v) is 3.10. The van der Waals surface area contributed by atoms with Crippen LogP contribution >= 0.6 is 11.3 Å². The van der Waals surface area contributed by atoms with Gasteiger partial charge < -0.3 is 10.2 Å². The Bertz CT molecular complexity index is 453. The van der Waals surface area contributed by atoms with Gasteiger partial charge in [-0.25, -0.2) is 0 Å². The van der Waals surface area contributed by atoms with Crippen molar-refractivity contribution in [3.63, 3.8) is 0 Å². The molecular weight excluding hydrogens is 188 g/mol. The Morgan fingerprint density at radius 3 is 3.00 bits per heavy atom. The Hall–Kier alpha value is -1.87. The first-order valence-electron chi connectivity index (χ1n) is 3.36. The van der Waals surface area contributed by atoms with E-state index >= 15 is 0 Å². The lowest BCUT2D eigenvalue weighted by Gasteiger charge is -1.83. The van der Waals surface area contributed by atoms with E-state index in [1.165, 1.54) is 11.3 Å². The predicted molar refractivity (Wildman–Crippen MR) is 46.7 cm³/mol. The number of anilines is 1. The summed E-state index contributed by atoms with van der Waals surface area (Å²) in [4.78, 5) is 8.50. The zero-order chi connectivity index (χ0) is 9.26. The average Bonchev–Trinajstić information content (AvgIpc) is 2.71. The molecular formula is C7H4N4OS. The summed E-state index contributed by atoms with van der Waals surface area (Å²) in [5, 5.41) is 8.56. The Kier molecular flexibility index (Phi) is 1.72. The van der Waals surface area contributed by atoms with E-state index in [2.05, 4.69) is 9.97 Å². The molecule has 0 unspecified atom stereocenters. The molecule has 0 aliphatic rings. The van der Waals surface area contributed by atoms with Crippen LogP contribution < -0.4 is 5.73 Å². The van der Waals surface area contributed by atoms with E-state index in [-0.39, 0.29) is 11.6 Å². The third-order valence-electron chi connectivity index (χ3n) is 1.40. The van der Waals surface area contributed by atoms with Crippen LogP contribution in [0.3, 0.4) is 0 Å². The van der Waals surface area contributed by atoms with E-state index in [0.717, 1.165) is 4.88 Å². The molecule has 2 rings (SSSR count). The van der Waals surface area contributed by atoms with Crippen molar-refractivity contribution in [1.82, 2.24) is 9.97 Å². The smallest absolute Gasteiger partial charge is 0.241 e. The topological polar surface area (TPSA) is 88.7 Å². The summed E-state index contributed by atoms with van der Waals surface area (Å²) in [5.74, 6) is 0.391. The number of hydrogen-bond donors (Lipinski definition) is 1. The van der Waals surface area contributed by atoms with Crippen LogP contribution in [0.5, 0.6) is 0 Å². The molecule has 0 saturated heterocycles. The SMILES string of the molecule is N#Cc1nc(-c2cncs2)oc1N. The summed E-state index contributed by atoms with van der Waals surface area (Å²) in [7, 11) is 0. The Labute approximate surface area is 77.5 Å². The van der Waals surface area contributed by atoms with E-state index in [1.807, 2.05) is 6.07 Å². The van der Waals surface area contributed by atoms with Gasteiger partial charge in [0.15, 0.2) is 0 Å². The maximum atomic E-state index is 8.56. The van der Waals surface area contributed by atoms with Gasteiger partial charge in [-0.1, -0.05) is 0 Å². The van der Waals surface area contributed by atoms with Gasteiger partial charge in [-0.05, 0) is 0 Å². The van der Waals surface area contributed by atoms with Crippen molar-refractivity contribution < 1.29 is 4.42 Å². The first-order valence-corrected chi connectivity index (χ1v) is 4.24. The fourth-order valence-electron chi connectivity index (χ4n) is 0.839. The van der Waals surface area contributed by atoms with Gasteiger partial charge in [0, 0.05) is 0 Å². The van der Waals surface area contributed by atoms with Gasteiger partial charge in [-0.2, -0.15) is 10.2 Å². The summed E-state index contributed by atoms with van der Waals surface area (Å²) >= 11 is 1.38. The molecule has 6 heteroatoms. The quantitative estimate of drug-likeness (QED) is 0.734. The van der Waals surface area contributed by atoms with E-state index in [0.29, 0.717) is 5.89 Å². The zero-order valence-electron chi connectivity index (χ0n) is 6.39. The highest BCUT2D eigenvalue weighted by atomic mass is 32.1. The van der Waals surface area contributed by atoms with Crippen LogP contribution in [0.4, 0.5) is 5.88 Å². The van der Waals surface area contributed by atoms with E-state index in [9.17, 15) is 0 Å². The van der Waals surface area contributed by atoms with Gasteiger partial charge in [0.1, 0.15) is 10.9 Å². The Morgan fingerprint density at radius 1 is 1.62 bits per heavy atom. The maximum absolute atomic E-state index is 8.56. The van der Waals surface area contributed by atoms with E-state index in [4.69, 9.17) is 15.4 Å². The zero-order valence-corrected chi connectivity index (χ0v) is 7.21. The lowest BCUT2D eigenvalue weighted by atomic mass is 10.5. The minimum Gasteiger partial charge on any atom is -0.419 e. The first kappa shape index (κ1) is 7.76. The molecule has 0 aromatic carbocycles. The fraction of sp³-hybridized carbons (Fsp3) is 0. The number of nitrogens with two attached hydrogens (primary N) is 1. The molecule has 0 aliphatic heterocycles. The molecule has 2 aromatic rings. The third kappa shape index (κ3) is 1.25. The molecule has 0 fully saturated rings. The summed E-state index contributed by atoms with van der Waals surface area (Å²) in [5.41, 5.74) is 7.16. The number of nitriles is 1. The number of nitrogens with zero attached hydrogens (tertiary/aromatic N) is 3. The van der Waals surface area contributed by atoms with Gasteiger partial charge in [0.25, 0.3) is 0 Å². The monoisotopic (exact) mass is 192 g/mol. The highest BCUT2D eigenvalue weighted by molar-refractivity contribution is 7.13. The van der Waals surface area contributed by atoms with Crippen molar-refractivity contribution in [2.75, 3.05) is 5.73 Å². The lowest BCUT2D eigenvalue weighted by Crippen LogP contribution is -1.83. The number of oxazole rings is 1. The van der Waals surface area contributed by atoms with Crippen LogP contribution in [0.2, 0.25) is 0 Å². The maximum Gasteiger partial charge on any atom is 0.241 e. The number of thiazole rings is 1. The van der Waals surface area contributed by atoms with Gasteiger partial charge in [-0.15, -0.1) is 11.3 Å². The number of rotatable bonds is 1. The molecule has 0 bridgehead atoms. The minimum absolute atomic E-state index is 0.0471. The predicted octanol–water partition coefficient (Wildman–Crippen LogP) is 1.25. The molecule has 0 amide bonds. The molecule has 5 nitrogen and oxygen atoms in total. The minimum atomic E-state index is 0.0471. The van der Waals surface area contributed by atoms with Crippen molar-refractivity contribution in [3.8, 4) is 16.8 Å². The highest BCUT2D eigenvalue weighted by Crippen LogP contribution is 2.25. The van der Waals surface area contributed by atoms with Crippen LogP contribution in [0.25, 0.3) is 10.8 Å². The number of aromatic nitrogens is 2. The van der Waals surface area contributed by atoms with Crippen molar-refractivity contribution >= 4 is 17.2 Å². The third-order valence-corrected chi connectivity index (χ3v) is 2.16. The van der Waals surface area contributed by atoms with Gasteiger partial charge in [0.2, 0.25) is 17.5 Å². The molecule has 0 radical (unpaired) electrons. The average molecular weight is 192 g/mol. The van der Waals surface area contributed by atoms with Crippen LogP contribution in [-0.2, 0) is 0 Å². The fourth-order valence-corrected chi connectivity index (χ4v) is 1.38. The van der Waals surface area contributed by atoms with Crippen LogP contribution in [0.15, 0.2) is 16.1 Å². The van der Waals surface area contributed by atoms with Gasteiger partial charge in [0.05, 0.1) is 11.7 Å². The van der Waals surface area contributed by atoms with Crippen molar-refractivity contribution in [2.24, 2.45) is 0 Å². The molecule has 0 saturated carbocycles. The summed E-state index contributed by atoms with van der Waals surface area (Å²) < 4.78 is 5.06. The molecule has 0 atom stereocenters. The molecule has 2 aromatic heterocycles. The second kappa shape index (κ2) is 2.88. The Morgan fingerprint density at radius 2 is 2.46 bits per heavy atom. The van der Waals surface area contributed by atoms with Crippen molar-refractivity contribution in [2.45, 2.75) is 0 Å². The molecule has 2 N–H and O–H groups in total. The van der Waals surface area contributed by atoms with Crippen molar-refractivity contribution in [1.29, 1.82) is 5.26 Å². The summed E-state index contributed by atoms with van der Waals surface area (Å²) in [6.07, 6.45) is 1.61. The van der Waals surface area contributed by atoms with E-state index < -0.39 is 0 Å². The largest absolute Gasteiger partial charge is 0.419 e. The Balaban J connectivity index is 2.50. The number of nitrogen functional groups attached to an aromatic ring is 1. The van der Waals surface area contributed by atoms with Crippen LogP contribution in [0, 0.1) is 11.3 Å². The van der Waals surface area contributed by atoms with Crippen LogP contribution in [-0.4, -0.2) is 9.97 Å². The van der Waals surface area contributed by atoms with Crippen molar-refractivity contribution in [3.05, 3.63) is 17.4 Å². The van der Waals surface area contributed by atoms with Gasteiger partial charge in [-0.3, -0.25) is 4.98 Å². The normalized spacial score (nSPS) is 9.77. The molecule has 64 valence electrons. The summed E-state index contributed by atoms with van der Waals surface area (Å²) in [6.45, 7) is 0. The molecule has 13 heavy (non-hydrogen) atoms. The molecule has 0 aliphatic carbocycles. The number of hydrogen-bond acceptors (Lipinski definition) is 6. The van der Waals surface area contributed by atoms with Gasteiger partial charge >= 0.3 is 0 Å². The first-order chi connectivity index (χ1) is 6.31. The lowest BCUT2D eigenvalue weighted by molar-refractivity contribution is 0.595. The second-order valence-electron chi connectivity index (χ2n) is 2.21. The standard InChI is InChI=1S/C7H4N4OS/c8-1-4-6(9)12-7(11-4)5-2-10-3-13-5/h2-3H,9H2.